The number of allylic oxidation sites excluding steroid dienone is 6. The van der Waals surface area contributed by atoms with Crippen molar-refractivity contribution in [2.45, 2.75) is 226 Å². The molecular weight excluding hydrogens is 574 g/mol. The highest BCUT2D eigenvalue weighted by atomic mass is 16.5. The maximum Gasteiger partial charge on any atom is 0.306 e. The van der Waals surface area contributed by atoms with Crippen molar-refractivity contribution in [2.24, 2.45) is 0 Å². The third kappa shape index (κ3) is 31.7. The van der Waals surface area contributed by atoms with E-state index in [1.807, 2.05) is 0 Å². The number of hydrogen-bond donors (Lipinski definition) is 0. The summed E-state index contributed by atoms with van der Waals surface area (Å²) in [5.74, 6) is 0.0363. The minimum atomic E-state index is 0.0363. The van der Waals surface area contributed by atoms with Gasteiger partial charge in [-0.1, -0.05) is 153 Å². The first-order chi connectivity index (χ1) is 23.2. The molecule has 0 aromatic heterocycles. The van der Waals surface area contributed by atoms with Gasteiger partial charge in [-0.3, -0.25) is 9.69 Å². The molecular formula is C44H81NO2. The van der Waals surface area contributed by atoms with Gasteiger partial charge in [0, 0.05) is 19.0 Å². The summed E-state index contributed by atoms with van der Waals surface area (Å²) in [6.45, 7) is 8.99. The summed E-state index contributed by atoms with van der Waals surface area (Å²) in [4.78, 5) is 15.0. The van der Waals surface area contributed by atoms with Gasteiger partial charge >= 0.3 is 5.97 Å². The Morgan fingerprint density at radius 1 is 0.596 bits per heavy atom. The Hall–Kier alpha value is -1.35. The van der Waals surface area contributed by atoms with Gasteiger partial charge in [-0.2, -0.15) is 0 Å². The van der Waals surface area contributed by atoms with Gasteiger partial charge < -0.3 is 4.74 Å². The lowest BCUT2D eigenvalue weighted by Gasteiger charge is -2.18. The SMILES string of the molecule is CC/C=C\CCCCCCCCCC/C=C\C/C=C\CCCCCCCCC(CCCCCCCCC)OC(=O)CCCN1CC1C. The Morgan fingerprint density at radius 3 is 1.47 bits per heavy atom. The highest BCUT2D eigenvalue weighted by molar-refractivity contribution is 5.69. The zero-order valence-corrected chi connectivity index (χ0v) is 32.0. The minimum absolute atomic E-state index is 0.0363. The lowest BCUT2D eigenvalue weighted by Crippen LogP contribution is -2.19. The Balaban J connectivity index is 1.97. The molecule has 0 aliphatic carbocycles. The molecule has 3 atom stereocenters. The van der Waals surface area contributed by atoms with Crippen LogP contribution >= 0.6 is 0 Å². The van der Waals surface area contributed by atoms with Crippen molar-refractivity contribution in [1.29, 1.82) is 0 Å². The van der Waals surface area contributed by atoms with Crippen LogP contribution in [0.3, 0.4) is 0 Å². The molecule has 3 nitrogen and oxygen atoms in total. The average Bonchev–Trinajstić information content (AvgIpc) is 3.78. The van der Waals surface area contributed by atoms with Gasteiger partial charge in [0.2, 0.25) is 0 Å². The molecule has 0 spiro atoms. The molecule has 1 saturated heterocycles. The topological polar surface area (TPSA) is 29.3 Å². The third-order valence-electron chi connectivity index (χ3n) is 9.89. The largest absolute Gasteiger partial charge is 0.462 e. The number of nitrogens with zero attached hydrogens (tertiary/aromatic N) is 1. The Bertz CT molecular complexity index is 756. The maximum absolute atomic E-state index is 12.5. The van der Waals surface area contributed by atoms with Crippen LogP contribution in [0.2, 0.25) is 0 Å². The minimum Gasteiger partial charge on any atom is -0.462 e. The summed E-state index contributed by atoms with van der Waals surface area (Å²) in [6, 6.07) is 0.720. The van der Waals surface area contributed by atoms with Crippen LogP contribution in [0.4, 0.5) is 0 Å². The smallest absolute Gasteiger partial charge is 0.306 e. The molecule has 0 aromatic carbocycles. The summed E-state index contributed by atoms with van der Waals surface area (Å²) in [6.07, 6.45) is 52.1. The number of carbonyl (C=O) groups is 1. The fourth-order valence-electron chi connectivity index (χ4n) is 6.58. The summed E-state index contributed by atoms with van der Waals surface area (Å²) >= 11 is 0. The van der Waals surface area contributed by atoms with Crippen molar-refractivity contribution in [3.63, 3.8) is 0 Å². The van der Waals surface area contributed by atoms with E-state index in [4.69, 9.17) is 4.74 Å². The fraction of sp³-hybridized carbons (Fsp3) is 0.841. The van der Waals surface area contributed by atoms with Gasteiger partial charge in [-0.15, -0.1) is 0 Å². The predicted molar refractivity (Wildman–Crippen MR) is 208 cm³/mol. The number of rotatable bonds is 36. The van der Waals surface area contributed by atoms with E-state index in [1.165, 1.54) is 167 Å². The molecule has 1 aliphatic rings. The lowest BCUT2D eigenvalue weighted by atomic mass is 10.0. The van der Waals surface area contributed by atoms with E-state index >= 15 is 0 Å². The molecule has 0 aromatic rings. The lowest BCUT2D eigenvalue weighted by molar-refractivity contribution is -0.150. The summed E-state index contributed by atoms with van der Waals surface area (Å²) in [7, 11) is 0. The van der Waals surface area contributed by atoms with E-state index in [9.17, 15) is 4.79 Å². The van der Waals surface area contributed by atoms with Crippen LogP contribution in [0.25, 0.3) is 0 Å². The second kappa shape index (κ2) is 34.5. The van der Waals surface area contributed by atoms with E-state index < -0.39 is 0 Å². The van der Waals surface area contributed by atoms with Crippen LogP contribution in [0.5, 0.6) is 0 Å². The normalized spacial score (nSPS) is 17.0. The molecule has 47 heavy (non-hydrogen) atoms. The number of carbonyl (C=O) groups excluding carboxylic acids is 1. The highest BCUT2D eigenvalue weighted by Gasteiger charge is 2.28. The quantitative estimate of drug-likeness (QED) is 0.0291. The molecule has 274 valence electrons. The summed E-state index contributed by atoms with van der Waals surface area (Å²) in [5, 5.41) is 0. The van der Waals surface area contributed by atoms with E-state index in [2.05, 4.69) is 62.1 Å². The molecule has 3 heteroatoms. The van der Waals surface area contributed by atoms with Crippen LogP contribution in [-0.2, 0) is 9.53 Å². The molecule has 1 rings (SSSR count). The zero-order chi connectivity index (χ0) is 33.9. The molecule has 3 unspecified atom stereocenters. The van der Waals surface area contributed by atoms with Gasteiger partial charge in [-0.05, 0) is 96.9 Å². The van der Waals surface area contributed by atoms with Gasteiger partial charge in [0.05, 0.1) is 0 Å². The highest BCUT2D eigenvalue weighted by Crippen LogP contribution is 2.20. The average molecular weight is 656 g/mol. The van der Waals surface area contributed by atoms with Crippen LogP contribution in [0.1, 0.15) is 213 Å². The van der Waals surface area contributed by atoms with Crippen molar-refractivity contribution in [1.82, 2.24) is 4.90 Å². The van der Waals surface area contributed by atoms with E-state index in [0.717, 1.165) is 38.3 Å². The van der Waals surface area contributed by atoms with Crippen LogP contribution in [0, 0.1) is 0 Å². The first kappa shape index (κ1) is 43.7. The maximum atomic E-state index is 12.5. The van der Waals surface area contributed by atoms with E-state index in [-0.39, 0.29) is 12.1 Å². The predicted octanol–water partition coefficient (Wildman–Crippen LogP) is 14.0. The summed E-state index contributed by atoms with van der Waals surface area (Å²) < 4.78 is 6.01. The van der Waals surface area contributed by atoms with Gasteiger partial charge in [-0.25, -0.2) is 0 Å². The fourth-order valence-corrected chi connectivity index (χ4v) is 6.58. The monoisotopic (exact) mass is 656 g/mol. The molecule has 0 N–H and O–H groups in total. The van der Waals surface area contributed by atoms with Crippen LogP contribution in [0.15, 0.2) is 36.5 Å². The van der Waals surface area contributed by atoms with Gasteiger partial charge in [0.1, 0.15) is 6.10 Å². The van der Waals surface area contributed by atoms with Gasteiger partial charge in [0.25, 0.3) is 0 Å². The summed E-state index contributed by atoms with van der Waals surface area (Å²) in [5.41, 5.74) is 0. The molecule has 1 aliphatic heterocycles. The third-order valence-corrected chi connectivity index (χ3v) is 9.89. The standard InChI is InChI=1S/C44H81NO2/c1-4-6-8-10-12-13-14-15-16-17-18-19-20-21-22-23-24-25-26-27-28-29-31-33-35-38-43(37-34-32-30-11-9-7-5-2)47-44(46)39-36-40-45-41-42(45)3/h6,8,21-22,24-25,42-43H,4-5,7,9-20,23,26-41H2,1-3H3/b8-6-,22-21-,25-24-. The van der Waals surface area contributed by atoms with Gasteiger partial charge in [0.15, 0.2) is 0 Å². The molecule has 1 heterocycles. The van der Waals surface area contributed by atoms with Crippen molar-refractivity contribution >= 4 is 5.97 Å². The number of esters is 1. The van der Waals surface area contributed by atoms with Crippen molar-refractivity contribution in [3.05, 3.63) is 36.5 Å². The number of hydrogen-bond acceptors (Lipinski definition) is 3. The van der Waals surface area contributed by atoms with Crippen molar-refractivity contribution in [2.75, 3.05) is 13.1 Å². The van der Waals surface area contributed by atoms with Crippen molar-refractivity contribution in [3.8, 4) is 0 Å². The first-order valence-corrected chi connectivity index (χ1v) is 21.1. The Morgan fingerprint density at radius 2 is 1.02 bits per heavy atom. The molecule has 0 saturated carbocycles. The second-order valence-corrected chi connectivity index (χ2v) is 14.6. The van der Waals surface area contributed by atoms with Crippen molar-refractivity contribution < 1.29 is 9.53 Å². The van der Waals surface area contributed by atoms with E-state index in [0.29, 0.717) is 6.42 Å². The molecule has 0 bridgehead atoms. The second-order valence-electron chi connectivity index (χ2n) is 14.6. The Labute approximate surface area is 294 Å². The Kier molecular flexibility index (Phi) is 32.1. The number of unbranched alkanes of at least 4 members (excludes halogenated alkanes) is 21. The molecule has 1 fully saturated rings. The zero-order valence-electron chi connectivity index (χ0n) is 32.0. The van der Waals surface area contributed by atoms with E-state index in [1.54, 1.807) is 0 Å². The molecule has 0 radical (unpaired) electrons. The molecule has 0 amide bonds. The number of ether oxygens (including phenoxy) is 1. The first-order valence-electron chi connectivity index (χ1n) is 21.1. The van der Waals surface area contributed by atoms with Crippen LogP contribution in [-0.4, -0.2) is 36.1 Å². The van der Waals surface area contributed by atoms with Crippen LogP contribution < -0.4 is 0 Å².